The van der Waals surface area contributed by atoms with E-state index in [0.717, 1.165) is 25.8 Å². The SMILES string of the molecule is CCOC(=O)c1cccn1CCCCCO. The van der Waals surface area contributed by atoms with Gasteiger partial charge < -0.3 is 14.4 Å². The molecule has 4 nitrogen and oxygen atoms in total. The molecule has 0 radical (unpaired) electrons. The van der Waals surface area contributed by atoms with Gasteiger partial charge in [-0.05, 0) is 38.3 Å². The Morgan fingerprint density at radius 2 is 2.25 bits per heavy atom. The minimum Gasteiger partial charge on any atom is -0.461 e. The Morgan fingerprint density at radius 3 is 2.94 bits per heavy atom. The van der Waals surface area contributed by atoms with Crippen LogP contribution in [0.4, 0.5) is 0 Å². The molecule has 0 aliphatic heterocycles. The number of unbranched alkanes of at least 4 members (excludes halogenated alkanes) is 2. The van der Waals surface area contributed by atoms with Gasteiger partial charge in [0, 0.05) is 19.3 Å². The van der Waals surface area contributed by atoms with E-state index in [1.807, 2.05) is 16.8 Å². The molecule has 0 aromatic carbocycles. The van der Waals surface area contributed by atoms with Crippen LogP contribution in [0.5, 0.6) is 0 Å². The van der Waals surface area contributed by atoms with Crippen molar-refractivity contribution in [3.8, 4) is 0 Å². The summed E-state index contributed by atoms with van der Waals surface area (Å²) >= 11 is 0. The van der Waals surface area contributed by atoms with E-state index in [-0.39, 0.29) is 12.6 Å². The number of hydrogen-bond acceptors (Lipinski definition) is 3. The minimum absolute atomic E-state index is 0.233. The molecule has 0 aliphatic rings. The van der Waals surface area contributed by atoms with E-state index in [0.29, 0.717) is 12.3 Å². The maximum Gasteiger partial charge on any atom is 0.354 e. The van der Waals surface area contributed by atoms with Gasteiger partial charge in [-0.1, -0.05) is 0 Å². The zero-order valence-electron chi connectivity index (χ0n) is 9.69. The number of carbonyl (C=O) groups excluding carboxylic acids is 1. The predicted molar refractivity (Wildman–Crippen MR) is 61.3 cm³/mol. The van der Waals surface area contributed by atoms with Crippen molar-refractivity contribution < 1.29 is 14.6 Å². The van der Waals surface area contributed by atoms with E-state index in [1.54, 1.807) is 13.0 Å². The van der Waals surface area contributed by atoms with Gasteiger partial charge >= 0.3 is 5.97 Å². The fraction of sp³-hybridized carbons (Fsp3) is 0.583. The highest BCUT2D eigenvalue weighted by Crippen LogP contribution is 2.07. The molecule has 0 saturated heterocycles. The second-order valence-corrected chi connectivity index (χ2v) is 3.59. The van der Waals surface area contributed by atoms with Crippen molar-refractivity contribution in [2.75, 3.05) is 13.2 Å². The van der Waals surface area contributed by atoms with Gasteiger partial charge in [0.05, 0.1) is 6.61 Å². The van der Waals surface area contributed by atoms with Gasteiger partial charge in [-0.25, -0.2) is 4.79 Å². The molecule has 90 valence electrons. The molecule has 1 N–H and O–H groups in total. The van der Waals surface area contributed by atoms with Crippen molar-refractivity contribution in [2.45, 2.75) is 32.7 Å². The Hall–Kier alpha value is -1.29. The first-order valence-corrected chi connectivity index (χ1v) is 5.72. The van der Waals surface area contributed by atoms with Gasteiger partial charge in [0.15, 0.2) is 0 Å². The summed E-state index contributed by atoms with van der Waals surface area (Å²) in [6.45, 7) is 3.22. The number of aliphatic hydroxyl groups excluding tert-OH is 1. The summed E-state index contributed by atoms with van der Waals surface area (Å²) < 4.78 is 6.85. The number of rotatable bonds is 7. The van der Waals surface area contributed by atoms with Crippen molar-refractivity contribution in [1.29, 1.82) is 0 Å². The summed E-state index contributed by atoms with van der Waals surface area (Å²) in [6, 6.07) is 3.61. The van der Waals surface area contributed by atoms with Gasteiger partial charge in [-0.2, -0.15) is 0 Å². The smallest absolute Gasteiger partial charge is 0.354 e. The molecule has 0 bridgehead atoms. The summed E-state index contributed by atoms with van der Waals surface area (Å²) in [5, 5.41) is 8.66. The van der Waals surface area contributed by atoms with E-state index < -0.39 is 0 Å². The van der Waals surface area contributed by atoms with Gasteiger partial charge in [-0.3, -0.25) is 0 Å². The number of nitrogens with zero attached hydrogens (tertiary/aromatic N) is 1. The first kappa shape index (κ1) is 12.8. The molecule has 0 unspecified atom stereocenters. The van der Waals surface area contributed by atoms with Crippen molar-refractivity contribution >= 4 is 5.97 Å². The van der Waals surface area contributed by atoms with Crippen molar-refractivity contribution in [3.05, 3.63) is 24.0 Å². The molecule has 1 aromatic heterocycles. The number of esters is 1. The first-order chi connectivity index (χ1) is 7.79. The molecule has 0 fully saturated rings. The van der Waals surface area contributed by atoms with Crippen LogP contribution in [0.1, 0.15) is 36.7 Å². The largest absolute Gasteiger partial charge is 0.461 e. The standard InChI is InChI=1S/C12H19NO3/c1-2-16-12(15)11-7-6-9-13(11)8-4-3-5-10-14/h6-7,9,14H,2-5,8,10H2,1H3. The van der Waals surface area contributed by atoms with Crippen LogP contribution in [0.3, 0.4) is 0 Å². The van der Waals surface area contributed by atoms with Crippen molar-refractivity contribution in [3.63, 3.8) is 0 Å². The molecule has 1 aromatic rings. The van der Waals surface area contributed by atoms with Crippen LogP contribution in [0, 0.1) is 0 Å². The highest BCUT2D eigenvalue weighted by molar-refractivity contribution is 5.87. The highest BCUT2D eigenvalue weighted by atomic mass is 16.5. The molecule has 16 heavy (non-hydrogen) atoms. The topological polar surface area (TPSA) is 51.5 Å². The fourth-order valence-electron chi connectivity index (χ4n) is 1.57. The molecule has 4 heteroatoms. The predicted octanol–water partition coefficient (Wildman–Crippen LogP) is 1.83. The van der Waals surface area contributed by atoms with Crippen molar-refractivity contribution in [2.24, 2.45) is 0 Å². The Balaban J connectivity index is 2.47. The van der Waals surface area contributed by atoms with Gasteiger partial charge in [0.1, 0.15) is 5.69 Å². The van der Waals surface area contributed by atoms with E-state index in [9.17, 15) is 4.79 Å². The lowest BCUT2D eigenvalue weighted by atomic mass is 10.2. The van der Waals surface area contributed by atoms with Gasteiger partial charge in [0.25, 0.3) is 0 Å². The van der Waals surface area contributed by atoms with Crippen LogP contribution in [0.15, 0.2) is 18.3 Å². The lowest BCUT2D eigenvalue weighted by Crippen LogP contribution is -2.11. The quantitative estimate of drug-likeness (QED) is 0.569. The molecule has 0 atom stereocenters. The summed E-state index contributed by atoms with van der Waals surface area (Å²) in [7, 11) is 0. The average molecular weight is 225 g/mol. The maximum atomic E-state index is 11.5. The normalized spacial score (nSPS) is 10.4. The number of aromatic nitrogens is 1. The Bertz CT molecular complexity index is 320. The zero-order valence-corrected chi connectivity index (χ0v) is 9.69. The number of aliphatic hydroxyl groups is 1. The van der Waals surface area contributed by atoms with Crippen LogP contribution in [0.2, 0.25) is 0 Å². The van der Waals surface area contributed by atoms with Crippen molar-refractivity contribution in [1.82, 2.24) is 4.57 Å². The van der Waals surface area contributed by atoms with E-state index >= 15 is 0 Å². The maximum absolute atomic E-state index is 11.5. The minimum atomic E-state index is -0.269. The highest BCUT2D eigenvalue weighted by Gasteiger charge is 2.10. The average Bonchev–Trinajstić information content (AvgIpc) is 2.73. The molecule has 0 aliphatic carbocycles. The Labute approximate surface area is 95.8 Å². The fourth-order valence-corrected chi connectivity index (χ4v) is 1.57. The molecule has 1 rings (SSSR count). The third-order valence-electron chi connectivity index (χ3n) is 2.37. The molecule has 1 heterocycles. The zero-order chi connectivity index (χ0) is 11.8. The van der Waals surface area contributed by atoms with E-state index in [2.05, 4.69) is 0 Å². The van der Waals surface area contributed by atoms with Crippen LogP contribution >= 0.6 is 0 Å². The Morgan fingerprint density at radius 1 is 1.44 bits per heavy atom. The third kappa shape index (κ3) is 3.70. The van der Waals surface area contributed by atoms with Gasteiger partial charge in [0.2, 0.25) is 0 Å². The Kier molecular flexibility index (Phi) is 5.64. The number of ether oxygens (including phenoxy) is 1. The second kappa shape index (κ2) is 7.06. The summed E-state index contributed by atoms with van der Waals surface area (Å²) in [5.41, 5.74) is 0.603. The molecular weight excluding hydrogens is 206 g/mol. The molecule has 0 saturated carbocycles. The van der Waals surface area contributed by atoms with E-state index in [1.165, 1.54) is 0 Å². The number of aryl methyl sites for hydroxylation is 1. The monoisotopic (exact) mass is 225 g/mol. The number of hydrogen-bond donors (Lipinski definition) is 1. The van der Waals surface area contributed by atoms with Crippen LogP contribution in [-0.2, 0) is 11.3 Å². The first-order valence-electron chi connectivity index (χ1n) is 5.72. The lowest BCUT2D eigenvalue weighted by Gasteiger charge is -2.07. The summed E-state index contributed by atoms with van der Waals surface area (Å²) in [5.74, 6) is -0.269. The lowest BCUT2D eigenvalue weighted by molar-refractivity contribution is 0.0513. The molecule has 0 amide bonds. The van der Waals surface area contributed by atoms with Crippen LogP contribution < -0.4 is 0 Å². The number of carbonyl (C=O) groups is 1. The summed E-state index contributed by atoms with van der Waals surface area (Å²) in [6.07, 6.45) is 4.62. The van der Waals surface area contributed by atoms with Crippen LogP contribution in [-0.4, -0.2) is 28.9 Å². The third-order valence-corrected chi connectivity index (χ3v) is 2.37. The second-order valence-electron chi connectivity index (χ2n) is 3.59. The molecular formula is C12H19NO3. The summed E-state index contributed by atoms with van der Waals surface area (Å²) in [4.78, 5) is 11.5. The van der Waals surface area contributed by atoms with Crippen LogP contribution in [0.25, 0.3) is 0 Å². The van der Waals surface area contributed by atoms with E-state index in [4.69, 9.17) is 9.84 Å². The van der Waals surface area contributed by atoms with Gasteiger partial charge in [-0.15, -0.1) is 0 Å². The molecule has 0 spiro atoms.